The molecule has 0 saturated heterocycles. The number of carbonyl (C=O) groups is 1. The Labute approximate surface area is 153 Å². The molecule has 0 radical (unpaired) electrons. The van der Waals surface area contributed by atoms with Crippen LogP contribution in [0.3, 0.4) is 0 Å². The molecule has 0 aliphatic carbocycles. The molecule has 3 aromatic rings. The number of nitrogens with zero attached hydrogens (tertiary/aromatic N) is 3. The molecular formula is C22H21N3O. The number of likely N-dealkylation sites (N-methyl/N-ethyl adjacent to an activating group) is 1. The Kier molecular flexibility index (Phi) is 4.40. The lowest BCUT2D eigenvalue weighted by atomic mass is 10.1. The third kappa shape index (κ3) is 3.31. The second kappa shape index (κ2) is 7.00. The minimum atomic E-state index is 0.0200. The number of benzene rings is 3. The van der Waals surface area contributed by atoms with Crippen LogP contribution < -0.4 is 4.90 Å². The summed E-state index contributed by atoms with van der Waals surface area (Å²) in [4.78, 5) is 14.6. The van der Waals surface area contributed by atoms with Crippen LogP contribution in [0.2, 0.25) is 0 Å². The molecule has 26 heavy (non-hydrogen) atoms. The minimum absolute atomic E-state index is 0.0200. The van der Waals surface area contributed by atoms with E-state index >= 15 is 0 Å². The Morgan fingerprint density at radius 1 is 1.00 bits per heavy atom. The first kappa shape index (κ1) is 16.3. The van der Waals surface area contributed by atoms with E-state index in [-0.39, 0.29) is 5.91 Å². The van der Waals surface area contributed by atoms with Crippen molar-refractivity contribution < 1.29 is 4.79 Å². The zero-order valence-corrected chi connectivity index (χ0v) is 14.8. The van der Waals surface area contributed by atoms with Crippen molar-refractivity contribution in [2.24, 2.45) is 5.10 Å². The standard InChI is InChI=1S/C22H21N3O/c1-24(20-12-11-17-7-5-6-10-19(17)15-20)16-22(26)25-14-13-21(23-25)18-8-3-2-4-9-18/h2-12,15H,13-14,16H2,1H3. The maximum Gasteiger partial charge on any atom is 0.262 e. The van der Waals surface area contributed by atoms with Gasteiger partial charge in [-0.05, 0) is 28.5 Å². The smallest absolute Gasteiger partial charge is 0.262 e. The van der Waals surface area contributed by atoms with Crippen molar-refractivity contribution >= 4 is 28.1 Å². The van der Waals surface area contributed by atoms with Gasteiger partial charge < -0.3 is 4.90 Å². The van der Waals surface area contributed by atoms with Crippen LogP contribution in [-0.4, -0.2) is 36.8 Å². The van der Waals surface area contributed by atoms with Crippen LogP contribution in [0, 0.1) is 0 Å². The van der Waals surface area contributed by atoms with Crippen LogP contribution in [0.4, 0.5) is 5.69 Å². The van der Waals surface area contributed by atoms with E-state index in [1.54, 1.807) is 5.01 Å². The zero-order valence-electron chi connectivity index (χ0n) is 14.8. The van der Waals surface area contributed by atoms with Gasteiger partial charge in [-0.15, -0.1) is 0 Å². The summed E-state index contributed by atoms with van der Waals surface area (Å²) in [5.74, 6) is 0.0200. The molecule has 0 unspecified atom stereocenters. The lowest BCUT2D eigenvalue weighted by Gasteiger charge is -2.21. The van der Waals surface area contributed by atoms with Gasteiger partial charge in [0.2, 0.25) is 0 Å². The number of rotatable bonds is 4. The number of anilines is 1. The summed E-state index contributed by atoms with van der Waals surface area (Å²) < 4.78 is 0. The number of hydrogen-bond donors (Lipinski definition) is 0. The van der Waals surface area contributed by atoms with Gasteiger partial charge in [0.15, 0.2) is 0 Å². The predicted octanol–water partition coefficient (Wildman–Crippen LogP) is 3.91. The van der Waals surface area contributed by atoms with Crippen LogP contribution in [0.25, 0.3) is 10.8 Å². The fourth-order valence-electron chi connectivity index (χ4n) is 3.26. The van der Waals surface area contributed by atoms with E-state index in [0.717, 1.165) is 23.4 Å². The Balaban J connectivity index is 1.46. The first-order valence-corrected chi connectivity index (χ1v) is 8.84. The van der Waals surface area contributed by atoms with Gasteiger partial charge in [-0.3, -0.25) is 4.79 Å². The molecule has 3 aromatic carbocycles. The van der Waals surface area contributed by atoms with Crippen LogP contribution in [0.1, 0.15) is 12.0 Å². The molecule has 0 N–H and O–H groups in total. The van der Waals surface area contributed by atoms with Gasteiger partial charge in [0.25, 0.3) is 5.91 Å². The lowest BCUT2D eigenvalue weighted by Crippen LogP contribution is -2.35. The average molecular weight is 343 g/mol. The fraction of sp³-hybridized carbons (Fsp3) is 0.182. The molecule has 0 fully saturated rings. The van der Waals surface area contributed by atoms with Crippen molar-refractivity contribution in [3.63, 3.8) is 0 Å². The summed E-state index contributed by atoms with van der Waals surface area (Å²) >= 11 is 0. The number of carbonyl (C=O) groups excluding carboxylic acids is 1. The van der Waals surface area contributed by atoms with Gasteiger partial charge in [-0.1, -0.05) is 60.7 Å². The SMILES string of the molecule is CN(CC(=O)N1CCC(c2ccccc2)=N1)c1ccc2ccccc2c1. The summed E-state index contributed by atoms with van der Waals surface area (Å²) in [6.07, 6.45) is 0.801. The molecular weight excluding hydrogens is 322 g/mol. The van der Waals surface area contributed by atoms with Gasteiger partial charge in [0.05, 0.1) is 18.8 Å². The maximum atomic E-state index is 12.6. The summed E-state index contributed by atoms with van der Waals surface area (Å²) in [5.41, 5.74) is 3.10. The van der Waals surface area contributed by atoms with Crippen molar-refractivity contribution in [1.29, 1.82) is 0 Å². The summed E-state index contributed by atoms with van der Waals surface area (Å²) in [5, 5.41) is 8.50. The normalized spacial score (nSPS) is 13.7. The number of hydrazone groups is 1. The van der Waals surface area contributed by atoms with E-state index < -0.39 is 0 Å². The van der Waals surface area contributed by atoms with Crippen LogP contribution in [0.5, 0.6) is 0 Å². The third-order valence-electron chi connectivity index (χ3n) is 4.74. The molecule has 4 rings (SSSR count). The van der Waals surface area contributed by atoms with E-state index in [2.05, 4.69) is 35.4 Å². The van der Waals surface area contributed by atoms with E-state index in [1.807, 2.05) is 54.4 Å². The minimum Gasteiger partial charge on any atom is -0.365 e. The number of amides is 1. The molecule has 1 heterocycles. The lowest BCUT2D eigenvalue weighted by molar-refractivity contribution is -0.129. The Morgan fingerprint density at radius 3 is 2.54 bits per heavy atom. The molecule has 1 aliphatic rings. The van der Waals surface area contributed by atoms with Crippen molar-refractivity contribution in [3.05, 3.63) is 78.4 Å². The zero-order chi connectivity index (χ0) is 17.9. The predicted molar refractivity (Wildman–Crippen MR) is 107 cm³/mol. The summed E-state index contributed by atoms with van der Waals surface area (Å²) in [7, 11) is 1.94. The highest BCUT2D eigenvalue weighted by Gasteiger charge is 2.22. The molecule has 0 bridgehead atoms. The Morgan fingerprint density at radius 2 is 1.73 bits per heavy atom. The van der Waals surface area contributed by atoms with Gasteiger partial charge in [-0.25, -0.2) is 5.01 Å². The quantitative estimate of drug-likeness (QED) is 0.720. The largest absolute Gasteiger partial charge is 0.365 e. The molecule has 4 nitrogen and oxygen atoms in total. The van der Waals surface area contributed by atoms with E-state index in [1.165, 1.54) is 10.8 Å². The Hall–Kier alpha value is -3.14. The summed E-state index contributed by atoms with van der Waals surface area (Å²) in [6.45, 7) is 0.957. The van der Waals surface area contributed by atoms with E-state index in [0.29, 0.717) is 13.1 Å². The monoisotopic (exact) mass is 343 g/mol. The highest BCUT2D eigenvalue weighted by molar-refractivity contribution is 6.02. The molecule has 0 atom stereocenters. The highest BCUT2D eigenvalue weighted by atomic mass is 16.2. The first-order valence-electron chi connectivity index (χ1n) is 8.84. The first-order chi connectivity index (χ1) is 12.7. The van der Waals surface area contributed by atoms with E-state index in [9.17, 15) is 4.79 Å². The molecule has 1 aliphatic heterocycles. The molecule has 1 amide bonds. The highest BCUT2D eigenvalue weighted by Crippen LogP contribution is 2.22. The van der Waals surface area contributed by atoms with Crippen molar-refractivity contribution in [1.82, 2.24) is 5.01 Å². The average Bonchev–Trinajstić information content (AvgIpc) is 3.18. The van der Waals surface area contributed by atoms with Gasteiger partial charge in [-0.2, -0.15) is 5.10 Å². The third-order valence-corrected chi connectivity index (χ3v) is 4.74. The van der Waals surface area contributed by atoms with Gasteiger partial charge >= 0.3 is 0 Å². The molecule has 0 aromatic heterocycles. The molecule has 0 saturated carbocycles. The van der Waals surface area contributed by atoms with E-state index in [4.69, 9.17) is 0 Å². The van der Waals surface area contributed by atoms with Crippen LogP contribution in [-0.2, 0) is 4.79 Å². The molecule has 130 valence electrons. The van der Waals surface area contributed by atoms with Crippen molar-refractivity contribution in [2.75, 3.05) is 25.0 Å². The maximum absolute atomic E-state index is 12.6. The summed E-state index contributed by atoms with van der Waals surface area (Å²) in [6, 6.07) is 24.6. The second-order valence-electron chi connectivity index (χ2n) is 6.57. The van der Waals surface area contributed by atoms with Gasteiger partial charge in [0, 0.05) is 19.2 Å². The van der Waals surface area contributed by atoms with Crippen LogP contribution in [0.15, 0.2) is 77.9 Å². The molecule has 0 spiro atoms. The number of hydrogen-bond acceptors (Lipinski definition) is 3. The van der Waals surface area contributed by atoms with Crippen molar-refractivity contribution in [2.45, 2.75) is 6.42 Å². The topological polar surface area (TPSA) is 35.9 Å². The second-order valence-corrected chi connectivity index (χ2v) is 6.57. The van der Waals surface area contributed by atoms with Gasteiger partial charge in [0.1, 0.15) is 0 Å². The number of fused-ring (bicyclic) bond motifs is 1. The fourth-order valence-corrected chi connectivity index (χ4v) is 3.26. The molecule has 4 heteroatoms. The van der Waals surface area contributed by atoms with Crippen molar-refractivity contribution in [3.8, 4) is 0 Å². The Bertz CT molecular complexity index is 965. The van der Waals surface area contributed by atoms with Crippen LogP contribution >= 0.6 is 0 Å².